The van der Waals surface area contributed by atoms with Crippen molar-refractivity contribution in [3.8, 4) is 0 Å². The molecule has 1 saturated heterocycles. The topological polar surface area (TPSA) is 72.8 Å². The van der Waals surface area contributed by atoms with Crippen LogP contribution in [0.5, 0.6) is 0 Å². The van der Waals surface area contributed by atoms with Crippen molar-refractivity contribution in [3.05, 3.63) is 11.1 Å². The molecule has 15 heavy (non-hydrogen) atoms. The molecule has 0 amide bonds. The highest BCUT2D eigenvalue weighted by Crippen LogP contribution is 2.20. The number of hydrogen-bond acceptors (Lipinski definition) is 4. The SMILES string of the molecule is COC(=O)CC(C(=O)O)=C1CCOCC1. The van der Waals surface area contributed by atoms with Gasteiger partial charge in [0.15, 0.2) is 0 Å². The first-order valence-corrected chi connectivity index (χ1v) is 4.74. The van der Waals surface area contributed by atoms with Gasteiger partial charge in [-0.1, -0.05) is 5.57 Å². The fourth-order valence-corrected chi connectivity index (χ4v) is 1.49. The van der Waals surface area contributed by atoms with E-state index in [0.29, 0.717) is 26.1 Å². The lowest BCUT2D eigenvalue weighted by Gasteiger charge is -2.17. The summed E-state index contributed by atoms with van der Waals surface area (Å²) in [4.78, 5) is 22.0. The second kappa shape index (κ2) is 5.50. The Labute approximate surface area is 87.7 Å². The molecule has 1 aliphatic heterocycles. The van der Waals surface area contributed by atoms with Gasteiger partial charge in [0.25, 0.3) is 0 Å². The third kappa shape index (κ3) is 3.36. The molecule has 0 aromatic heterocycles. The van der Waals surface area contributed by atoms with Gasteiger partial charge in [0.05, 0.1) is 26.7 Å². The van der Waals surface area contributed by atoms with Gasteiger partial charge in [-0.3, -0.25) is 4.79 Å². The molecule has 0 aromatic carbocycles. The predicted octanol–water partition coefficient (Wildman–Crippen LogP) is 0.741. The number of ether oxygens (including phenoxy) is 2. The van der Waals surface area contributed by atoms with E-state index in [9.17, 15) is 9.59 Å². The first-order chi connectivity index (χ1) is 7.15. The van der Waals surface area contributed by atoms with Crippen LogP contribution >= 0.6 is 0 Å². The summed E-state index contributed by atoms with van der Waals surface area (Å²) in [5.74, 6) is -1.57. The lowest BCUT2D eigenvalue weighted by Crippen LogP contribution is -2.16. The molecule has 84 valence electrons. The maximum Gasteiger partial charge on any atom is 0.332 e. The van der Waals surface area contributed by atoms with Crippen molar-refractivity contribution in [2.45, 2.75) is 19.3 Å². The van der Waals surface area contributed by atoms with Crippen LogP contribution in [0.25, 0.3) is 0 Å². The summed E-state index contributed by atoms with van der Waals surface area (Å²) in [5, 5.41) is 8.96. The summed E-state index contributed by atoms with van der Waals surface area (Å²) >= 11 is 0. The van der Waals surface area contributed by atoms with Crippen LogP contribution < -0.4 is 0 Å². The smallest absolute Gasteiger partial charge is 0.332 e. The zero-order valence-corrected chi connectivity index (χ0v) is 8.62. The lowest BCUT2D eigenvalue weighted by molar-refractivity contribution is -0.142. The van der Waals surface area contributed by atoms with Crippen molar-refractivity contribution in [3.63, 3.8) is 0 Å². The standard InChI is InChI=1S/C10H14O5/c1-14-9(11)6-8(10(12)13)7-2-4-15-5-3-7/h2-6H2,1H3,(H,12,13). The normalized spacial score (nSPS) is 15.9. The van der Waals surface area contributed by atoms with Gasteiger partial charge in [0.1, 0.15) is 0 Å². The van der Waals surface area contributed by atoms with Gasteiger partial charge in [-0.15, -0.1) is 0 Å². The van der Waals surface area contributed by atoms with E-state index in [1.807, 2.05) is 0 Å². The highest BCUT2D eigenvalue weighted by Gasteiger charge is 2.20. The van der Waals surface area contributed by atoms with Gasteiger partial charge in [-0.25, -0.2) is 4.79 Å². The molecular formula is C10H14O5. The number of methoxy groups -OCH3 is 1. The first-order valence-electron chi connectivity index (χ1n) is 4.74. The Kier molecular flexibility index (Phi) is 4.30. The van der Waals surface area contributed by atoms with Crippen LogP contribution in [0.15, 0.2) is 11.1 Å². The van der Waals surface area contributed by atoms with E-state index in [2.05, 4.69) is 4.74 Å². The Hall–Kier alpha value is -1.36. The van der Waals surface area contributed by atoms with E-state index >= 15 is 0 Å². The minimum absolute atomic E-state index is 0.158. The Morgan fingerprint density at radius 1 is 1.40 bits per heavy atom. The number of aliphatic carboxylic acids is 1. The molecule has 0 saturated carbocycles. The molecule has 1 N–H and O–H groups in total. The van der Waals surface area contributed by atoms with Crippen molar-refractivity contribution < 1.29 is 24.2 Å². The van der Waals surface area contributed by atoms with Crippen LogP contribution in [0, 0.1) is 0 Å². The van der Waals surface area contributed by atoms with E-state index < -0.39 is 11.9 Å². The number of carboxylic acids is 1. The van der Waals surface area contributed by atoms with Crippen molar-refractivity contribution in [1.82, 2.24) is 0 Å². The van der Waals surface area contributed by atoms with E-state index in [0.717, 1.165) is 5.57 Å². The number of carbonyl (C=O) groups excluding carboxylic acids is 1. The Morgan fingerprint density at radius 2 is 2.00 bits per heavy atom. The average molecular weight is 214 g/mol. The van der Waals surface area contributed by atoms with Crippen LogP contribution in [0.4, 0.5) is 0 Å². The Morgan fingerprint density at radius 3 is 2.47 bits per heavy atom. The third-order valence-electron chi connectivity index (χ3n) is 2.33. The highest BCUT2D eigenvalue weighted by molar-refractivity contribution is 5.93. The molecule has 0 unspecified atom stereocenters. The Bertz CT molecular complexity index is 284. The molecule has 1 heterocycles. The second-order valence-corrected chi connectivity index (χ2v) is 3.25. The van der Waals surface area contributed by atoms with E-state index in [1.165, 1.54) is 7.11 Å². The van der Waals surface area contributed by atoms with E-state index in [1.54, 1.807) is 0 Å². The lowest BCUT2D eigenvalue weighted by atomic mass is 9.98. The Balaban J connectivity index is 2.79. The molecule has 1 rings (SSSR count). The van der Waals surface area contributed by atoms with E-state index in [4.69, 9.17) is 9.84 Å². The van der Waals surface area contributed by atoms with Crippen LogP contribution in [-0.4, -0.2) is 37.4 Å². The highest BCUT2D eigenvalue weighted by atomic mass is 16.5. The van der Waals surface area contributed by atoms with E-state index in [-0.39, 0.29) is 12.0 Å². The average Bonchev–Trinajstić information content (AvgIpc) is 2.26. The molecule has 0 bridgehead atoms. The van der Waals surface area contributed by atoms with Gasteiger partial charge < -0.3 is 14.6 Å². The maximum atomic E-state index is 11.0. The molecular weight excluding hydrogens is 200 g/mol. The summed E-state index contributed by atoms with van der Waals surface area (Å²) in [6.45, 7) is 1.04. The minimum Gasteiger partial charge on any atom is -0.478 e. The summed E-state index contributed by atoms with van der Waals surface area (Å²) in [6.07, 6.45) is 0.998. The quantitative estimate of drug-likeness (QED) is 0.554. The fraction of sp³-hybridized carbons (Fsp3) is 0.600. The van der Waals surface area contributed by atoms with Crippen LogP contribution in [0.2, 0.25) is 0 Å². The number of esters is 1. The van der Waals surface area contributed by atoms with Crippen LogP contribution in [-0.2, 0) is 19.1 Å². The molecule has 0 spiro atoms. The maximum absolute atomic E-state index is 11.0. The molecule has 0 aliphatic carbocycles. The van der Waals surface area contributed by atoms with Gasteiger partial charge in [0.2, 0.25) is 0 Å². The molecule has 5 heteroatoms. The zero-order chi connectivity index (χ0) is 11.3. The van der Waals surface area contributed by atoms with Gasteiger partial charge >= 0.3 is 11.9 Å². The number of hydrogen-bond donors (Lipinski definition) is 1. The molecule has 0 radical (unpaired) electrons. The third-order valence-corrected chi connectivity index (χ3v) is 2.33. The monoisotopic (exact) mass is 214 g/mol. The van der Waals surface area contributed by atoms with Crippen molar-refractivity contribution in [2.24, 2.45) is 0 Å². The molecule has 0 aromatic rings. The summed E-state index contributed by atoms with van der Waals surface area (Å²) in [6, 6.07) is 0. The molecule has 1 fully saturated rings. The molecule has 0 atom stereocenters. The summed E-state index contributed by atoms with van der Waals surface area (Å²) in [5.41, 5.74) is 0.948. The van der Waals surface area contributed by atoms with Crippen molar-refractivity contribution in [2.75, 3.05) is 20.3 Å². The minimum atomic E-state index is -1.04. The van der Waals surface area contributed by atoms with Gasteiger partial charge in [-0.05, 0) is 12.8 Å². The largest absolute Gasteiger partial charge is 0.478 e. The first kappa shape index (κ1) is 11.7. The number of carboxylic acid groups (broad SMARTS) is 1. The number of carbonyl (C=O) groups is 2. The van der Waals surface area contributed by atoms with Crippen molar-refractivity contribution >= 4 is 11.9 Å². The summed E-state index contributed by atoms with van der Waals surface area (Å²) < 4.78 is 9.57. The number of rotatable bonds is 3. The molecule has 1 aliphatic rings. The summed E-state index contributed by atoms with van der Waals surface area (Å²) in [7, 11) is 1.25. The predicted molar refractivity (Wildman–Crippen MR) is 51.3 cm³/mol. The van der Waals surface area contributed by atoms with Gasteiger partial charge in [0, 0.05) is 5.57 Å². The van der Waals surface area contributed by atoms with Crippen molar-refractivity contribution in [1.29, 1.82) is 0 Å². The molecule has 5 nitrogen and oxygen atoms in total. The fourth-order valence-electron chi connectivity index (χ4n) is 1.49. The van der Waals surface area contributed by atoms with Crippen LogP contribution in [0.1, 0.15) is 19.3 Å². The zero-order valence-electron chi connectivity index (χ0n) is 8.62. The second-order valence-electron chi connectivity index (χ2n) is 3.25. The van der Waals surface area contributed by atoms with Crippen LogP contribution in [0.3, 0.4) is 0 Å². The van der Waals surface area contributed by atoms with Gasteiger partial charge in [-0.2, -0.15) is 0 Å².